The number of nitrogens with zero attached hydrogens (tertiary/aromatic N) is 1. The van der Waals surface area contributed by atoms with Crippen molar-refractivity contribution in [2.24, 2.45) is 5.92 Å². The highest BCUT2D eigenvalue weighted by Gasteiger charge is 2.33. The number of aromatic amines is 1. The van der Waals surface area contributed by atoms with Crippen molar-refractivity contribution >= 4 is 23.3 Å². The first-order valence-electron chi connectivity index (χ1n) is 10.2. The summed E-state index contributed by atoms with van der Waals surface area (Å²) in [6.45, 7) is 6.64. The number of hydrogen-bond acceptors (Lipinski definition) is 5. The maximum atomic E-state index is 13.2. The highest BCUT2D eigenvalue weighted by atomic mass is 16.5. The number of esters is 1. The Morgan fingerprint density at radius 2 is 1.90 bits per heavy atom. The number of aryl methyl sites for hydroxylation is 1. The van der Waals surface area contributed by atoms with E-state index in [1.807, 2.05) is 37.3 Å². The van der Waals surface area contributed by atoms with E-state index in [1.54, 1.807) is 13.8 Å². The second-order valence-electron chi connectivity index (χ2n) is 7.85. The average Bonchev–Trinajstić information content (AvgIpc) is 3.06. The van der Waals surface area contributed by atoms with Crippen molar-refractivity contribution in [3.8, 4) is 0 Å². The Bertz CT molecular complexity index is 935. The van der Waals surface area contributed by atoms with E-state index in [-0.39, 0.29) is 17.6 Å². The lowest BCUT2D eigenvalue weighted by Crippen LogP contribution is -2.47. The number of aromatic nitrogens is 1. The zero-order valence-electron chi connectivity index (χ0n) is 18.0. The number of carbonyl (C=O) groups excluding carboxylic acids is 3. The van der Waals surface area contributed by atoms with E-state index in [4.69, 9.17) is 4.74 Å². The third-order valence-corrected chi connectivity index (χ3v) is 5.87. The summed E-state index contributed by atoms with van der Waals surface area (Å²) < 4.78 is 4.83. The van der Waals surface area contributed by atoms with Gasteiger partial charge in [-0.25, -0.2) is 4.79 Å². The molecule has 2 aromatic rings. The Labute approximate surface area is 176 Å². The first-order chi connectivity index (χ1) is 14.3. The summed E-state index contributed by atoms with van der Waals surface area (Å²) in [4.78, 5) is 43.0. The summed E-state index contributed by atoms with van der Waals surface area (Å²) in [6, 6.07) is 8.99. The second kappa shape index (κ2) is 9.26. The van der Waals surface area contributed by atoms with Gasteiger partial charge in [-0.1, -0.05) is 18.2 Å². The minimum atomic E-state index is -0.455. The first-order valence-corrected chi connectivity index (χ1v) is 10.2. The van der Waals surface area contributed by atoms with Crippen LogP contribution in [0.3, 0.4) is 0 Å². The van der Waals surface area contributed by atoms with E-state index in [0.29, 0.717) is 29.1 Å². The fourth-order valence-electron chi connectivity index (χ4n) is 4.12. The standard InChI is InChI=1S/C23H29N3O4/c1-14-19(23(29)30-4)15(2)24-20(14)21(27)16(3)26-12-8-9-17(13-26)22(28)25-18-10-6-5-7-11-18/h5-7,10-11,16-17,24H,8-9,12-13H2,1-4H3,(H,25,28)/t16-,17-/m1/s1. The fraction of sp³-hybridized carbons (Fsp3) is 0.435. The number of amides is 1. The number of ketones is 1. The van der Waals surface area contributed by atoms with Crippen LogP contribution in [0.15, 0.2) is 30.3 Å². The molecule has 3 rings (SSSR count). The molecule has 0 aliphatic carbocycles. The van der Waals surface area contributed by atoms with E-state index < -0.39 is 12.0 Å². The molecule has 1 aromatic heterocycles. The summed E-state index contributed by atoms with van der Waals surface area (Å²) in [5.74, 6) is -0.741. The number of piperidine rings is 1. The number of H-pyrrole nitrogens is 1. The average molecular weight is 412 g/mol. The Balaban J connectivity index is 1.70. The number of likely N-dealkylation sites (tertiary alicyclic amines) is 1. The van der Waals surface area contributed by atoms with Crippen molar-refractivity contribution in [1.29, 1.82) is 0 Å². The van der Waals surface area contributed by atoms with Crippen LogP contribution in [0.25, 0.3) is 0 Å². The predicted octanol–water partition coefficient (Wildman–Crippen LogP) is 3.34. The van der Waals surface area contributed by atoms with Crippen LogP contribution in [0.1, 0.15) is 51.9 Å². The van der Waals surface area contributed by atoms with Crippen LogP contribution in [0.2, 0.25) is 0 Å². The van der Waals surface area contributed by atoms with Gasteiger partial charge >= 0.3 is 5.97 Å². The van der Waals surface area contributed by atoms with Crippen molar-refractivity contribution in [3.05, 3.63) is 52.8 Å². The van der Waals surface area contributed by atoms with E-state index in [9.17, 15) is 14.4 Å². The van der Waals surface area contributed by atoms with Gasteiger partial charge in [0.25, 0.3) is 0 Å². The van der Waals surface area contributed by atoms with Gasteiger partial charge in [0.1, 0.15) is 0 Å². The smallest absolute Gasteiger partial charge is 0.339 e. The largest absolute Gasteiger partial charge is 0.465 e. The molecule has 1 aliphatic rings. The van der Waals surface area contributed by atoms with Gasteiger partial charge in [0.05, 0.1) is 30.3 Å². The first kappa shape index (κ1) is 21.8. The summed E-state index contributed by atoms with van der Waals surface area (Å²) in [7, 11) is 1.33. The van der Waals surface area contributed by atoms with Crippen molar-refractivity contribution in [2.45, 2.75) is 39.7 Å². The topological polar surface area (TPSA) is 91.5 Å². The molecule has 2 N–H and O–H groups in total. The zero-order chi connectivity index (χ0) is 21.8. The van der Waals surface area contributed by atoms with Crippen LogP contribution in [0.5, 0.6) is 0 Å². The van der Waals surface area contributed by atoms with Crippen LogP contribution in [-0.4, -0.2) is 53.8 Å². The molecule has 1 aromatic carbocycles. The van der Waals surface area contributed by atoms with Crippen LogP contribution in [-0.2, 0) is 9.53 Å². The van der Waals surface area contributed by atoms with Gasteiger partial charge < -0.3 is 15.0 Å². The molecule has 30 heavy (non-hydrogen) atoms. The van der Waals surface area contributed by atoms with Gasteiger partial charge in [-0.05, 0) is 57.9 Å². The number of ether oxygens (including phenoxy) is 1. The molecule has 1 fully saturated rings. The number of nitrogens with one attached hydrogen (secondary N) is 2. The highest BCUT2D eigenvalue weighted by molar-refractivity contribution is 6.03. The SMILES string of the molecule is COC(=O)c1c(C)[nH]c(C(=O)[C@@H](C)N2CCC[C@@H](C(=O)Nc3ccccc3)C2)c1C. The van der Waals surface area contributed by atoms with E-state index >= 15 is 0 Å². The molecule has 160 valence electrons. The number of rotatable bonds is 6. The highest BCUT2D eigenvalue weighted by Crippen LogP contribution is 2.25. The van der Waals surface area contributed by atoms with Crippen LogP contribution in [0, 0.1) is 19.8 Å². The van der Waals surface area contributed by atoms with Crippen LogP contribution in [0.4, 0.5) is 5.69 Å². The molecule has 1 saturated heterocycles. The van der Waals surface area contributed by atoms with E-state index in [0.717, 1.165) is 25.1 Å². The number of Topliss-reactive ketones (excluding diaryl/α,β-unsaturated/α-hetero) is 1. The Hall–Kier alpha value is -2.93. The van der Waals surface area contributed by atoms with Gasteiger partial charge in [0.15, 0.2) is 5.78 Å². The van der Waals surface area contributed by atoms with E-state index in [2.05, 4.69) is 15.2 Å². The molecule has 0 unspecified atom stereocenters. The lowest BCUT2D eigenvalue weighted by atomic mass is 9.94. The summed E-state index contributed by atoms with van der Waals surface area (Å²) in [6.07, 6.45) is 1.64. The molecular weight excluding hydrogens is 382 g/mol. The van der Waals surface area contributed by atoms with Gasteiger partial charge in [0.2, 0.25) is 5.91 Å². The molecule has 0 saturated carbocycles. The molecule has 1 aliphatic heterocycles. The normalized spacial score (nSPS) is 17.9. The molecular formula is C23H29N3O4. The van der Waals surface area contributed by atoms with Crippen molar-refractivity contribution in [1.82, 2.24) is 9.88 Å². The molecule has 7 heteroatoms. The third-order valence-electron chi connectivity index (χ3n) is 5.87. The molecule has 0 bridgehead atoms. The molecule has 0 spiro atoms. The van der Waals surface area contributed by atoms with Gasteiger partial charge in [0, 0.05) is 17.9 Å². The minimum Gasteiger partial charge on any atom is -0.465 e. The number of carbonyl (C=O) groups is 3. The van der Waals surface area contributed by atoms with Crippen molar-refractivity contribution in [3.63, 3.8) is 0 Å². The number of hydrogen-bond donors (Lipinski definition) is 2. The third kappa shape index (κ3) is 4.46. The van der Waals surface area contributed by atoms with E-state index in [1.165, 1.54) is 7.11 Å². The lowest BCUT2D eigenvalue weighted by molar-refractivity contribution is -0.121. The monoisotopic (exact) mass is 411 g/mol. The van der Waals surface area contributed by atoms with Gasteiger partial charge in [-0.2, -0.15) is 0 Å². The number of methoxy groups -OCH3 is 1. The fourth-order valence-corrected chi connectivity index (χ4v) is 4.12. The maximum Gasteiger partial charge on any atom is 0.339 e. The van der Waals surface area contributed by atoms with Crippen LogP contribution < -0.4 is 5.32 Å². The van der Waals surface area contributed by atoms with Gasteiger partial charge in [-0.3, -0.25) is 14.5 Å². The Morgan fingerprint density at radius 3 is 2.57 bits per heavy atom. The number of benzene rings is 1. The summed E-state index contributed by atoms with van der Waals surface area (Å²) >= 11 is 0. The van der Waals surface area contributed by atoms with Crippen molar-refractivity contribution in [2.75, 3.05) is 25.5 Å². The molecule has 7 nitrogen and oxygen atoms in total. The quantitative estimate of drug-likeness (QED) is 0.562. The Morgan fingerprint density at radius 1 is 1.20 bits per heavy atom. The maximum absolute atomic E-state index is 13.2. The predicted molar refractivity (Wildman–Crippen MR) is 115 cm³/mol. The zero-order valence-corrected chi connectivity index (χ0v) is 18.0. The molecule has 2 heterocycles. The van der Waals surface area contributed by atoms with Crippen molar-refractivity contribution < 1.29 is 19.1 Å². The summed E-state index contributed by atoms with van der Waals surface area (Å²) in [5.41, 5.74) is 2.83. The molecule has 1 amide bonds. The van der Waals surface area contributed by atoms with Crippen LogP contribution >= 0.6 is 0 Å². The molecule has 2 atom stereocenters. The number of para-hydroxylation sites is 1. The number of anilines is 1. The molecule has 0 radical (unpaired) electrons. The Kier molecular flexibility index (Phi) is 6.72. The summed E-state index contributed by atoms with van der Waals surface area (Å²) in [5, 5.41) is 2.96. The second-order valence-corrected chi connectivity index (χ2v) is 7.85. The minimum absolute atomic E-state index is 0.0228. The lowest BCUT2D eigenvalue weighted by Gasteiger charge is -2.35. The van der Waals surface area contributed by atoms with Gasteiger partial charge in [-0.15, -0.1) is 0 Å².